The minimum absolute atomic E-state index is 0.00203. The Morgan fingerprint density at radius 2 is 1.87 bits per heavy atom. The van der Waals surface area contributed by atoms with Gasteiger partial charge >= 0.3 is 0 Å². The zero-order chi connectivity index (χ0) is 16.8. The molecule has 0 aliphatic heterocycles. The average Bonchev–Trinajstić information content (AvgIpc) is 2.55. The molecule has 1 amide bonds. The fraction of sp³-hybridized carbons (Fsp3) is 0.368. The van der Waals surface area contributed by atoms with Crippen molar-refractivity contribution in [2.24, 2.45) is 5.92 Å². The molecule has 1 aromatic heterocycles. The normalized spacial score (nSPS) is 12.2. The molecule has 1 aromatic carbocycles. The van der Waals surface area contributed by atoms with Crippen molar-refractivity contribution in [2.75, 3.05) is 5.73 Å². The monoisotopic (exact) mass is 311 g/mol. The van der Waals surface area contributed by atoms with Crippen molar-refractivity contribution < 1.29 is 4.79 Å². The van der Waals surface area contributed by atoms with Crippen LogP contribution in [0.4, 0.5) is 5.69 Å². The Bertz CT molecular complexity index is 633. The molecule has 4 nitrogen and oxygen atoms in total. The lowest BCUT2D eigenvalue weighted by Gasteiger charge is -2.23. The summed E-state index contributed by atoms with van der Waals surface area (Å²) in [5.74, 6) is 0.284. The van der Waals surface area contributed by atoms with Crippen LogP contribution in [-0.2, 0) is 17.6 Å². The average molecular weight is 311 g/mol. The van der Waals surface area contributed by atoms with Crippen LogP contribution in [0.1, 0.15) is 43.6 Å². The maximum atomic E-state index is 12.3. The number of anilines is 1. The van der Waals surface area contributed by atoms with Crippen LogP contribution < -0.4 is 11.1 Å². The third-order valence-corrected chi connectivity index (χ3v) is 3.92. The molecule has 4 heteroatoms. The van der Waals surface area contributed by atoms with Gasteiger partial charge in [0.25, 0.3) is 0 Å². The quantitative estimate of drug-likeness (QED) is 0.860. The van der Waals surface area contributed by atoms with Crippen molar-refractivity contribution in [3.63, 3.8) is 0 Å². The highest BCUT2D eigenvalue weighted by Gasteiger charge is 2.18. The number of benzene rings is 1. The standard InChI is InChI=1S/C19H25N3O/c1-4-14-5-7-15(8-6-14)19(13(2)3)22-18(23)11-17-10-9-16(20)12-21-17/h5-10,12-13,19H,4,11,20H2,1-3H3,(H,22,23). The topological polar surface area (TPSA) is 68.0 Å². The van der Waals surface area contributed by atoms with Crippen LogP contribution in [0.25, 0.3) is 0 Å². The van der Waals surface area contributed by atoms with Gasteiger partial charge in [-0.05, 0) is 35.6 Å². The predicted molar refractivity (Wildman–Crippen MR) is 93.9 cm³/mol. The highest BCUT2D eigenvalue weighted by molar-refractivity contribution is 5.78. The van der Waals surface area contributed by atoms with Gasteiger partial charge in [-0.3, -0.25) is 9.78 Å². The molecule has 0 saturated carbocycles. The molecule has 1 atom stereocenters. The number of rotatable bonds is 6. The summed E-state index contributed by atoms with van der Waals surface area (Å²) in [6, 6.07) is 12.0. The molecule has 3 N–H and O–H groups in total. The highest BCUT2D eigenvalue weighted by Crippen LogP contribution is 2.22. The summed E-state index contributed by atoms with van der Waals surface area (Å²) in [7, 11) is 0. The molecule has 0 aliphatic rings. The third kappa shape index (κ3) is 4.81. The molecule has 2 aromatic rings. The molecular weight excluding hydrogens is 286 g/mol. The zero-order valence-electron chi connectivity index (χ0n) is 14.0. The van der Waals surface area contributed by atoms with Gasteiger partial charge in [0.1, 0.15) is 0 Å². The van der Waals surface area contributed by atoms with Crippen LogP contribution in [0.3, 0.4) is 0 Å². The summed E-state index contributed by atoms with van der Waals surface area (Å²) >= 11 is 0. The predicted octanol–water partition coefficient (Wildman–Crippen LogP) is 3.28. The second-order valence-electron chi connectivity index (χ2n) is 6.14. The van der Waals surface area contributed by atoms with Gasteiger partial charge in [-0.25, -0.2) is 0 Å². The number of aryl methyl sites for hydroxylation is 1. The molecule has 122 valence electrons. The van der Waals surface area contributed by atoms with Crippen molar-refractivity contribution in [3.8, 4) is 0 Å². The van der Waals surface area contributed by atoms with E-state index in [2.05, 4.69) is 55.3 Å². The Morgan fingerprint density at radius 1 is 1.17 bits per heavy atom. The smallest absolute Gasteiger partial charge is 0.226 e. The first-order valence-electron chi connectivity index (χ1n) is 8.08. The number of carbonyl (C=O) groups is 1. The molecule has 23 heavy (non-hydrogen) atoms. The van der Waals surface area contributed by atoms with Crippen molar-refractivity contribution in [2.45, 2.75) is 39.7 Å². The maximum absolute atomic E-state index is 12.3. The molecule has 0 aliphatic carbocycles. The minimum Gasteiger partial charge on any atom is -0.397 e. The molecule has 0 radical (unpaired) electrons. The highest BCUT2D eigenvalue weighted by atomic mass is 16.1. The fourth-order valence-electron chi connectivity index (χ4n) is 2.53. The second kappa shape index (κ2) is 7.77. The Morgan fingerprint density at radius 3 is 2.39 bits per heavy atom. The Labute approximate surface area is 138 Å². The summed E-state index contributed by atoms with van der Waals surface area (Å²) < 4.78 is 0. The van der Waals surface area contributed by atoms with Crippen molar-refractivity contribution >= 4 is 11.6 Å². The summed E-state index contributed by atoms with van der Waals surface area (Å²) in [5.41, 5.74) is 9.37. The van der Waals surface area contributed by atoms with Crippen LogP contribution in [0.5, 0.6) is 0 Å². The Hall–Kier alpha value is -2.36. The van der Waals surface area contributed by atoms with Gasteiger partial charge in [-0.15, -0.1) is 0 Å². The number of nitrogens with one attached hydrogen (secondary N) is 1. The third-order valence-electron chi connectivity index (χ3n) is 3.92. The summed E-state index contributed by atoms with van der Waals surface area (Å²) in [5, 5.41) is 3.12. The number of carbonyl (C=O) groups excluding carboxylic acids is 1. The summed E-state index contributed by atoms with van der Waals surface area (Å²) in [6.45, 7) is 6.36. The van der Waals surface area contributed by atoms with E-state index in [-0.39, 0.29) is 18.4 Å². The van der Waals surface area contributed by atoms with Crippen LogP contribution in [0, 0.1) is 5.92 Å². The van der Waals surface area contributed by atoms with Gasteiger partial charge in [-0.1, -0.05) is 45.0 Å². The van der Waals surface area contributed by atoms with E-state index in [1.165, 1.54) is 5.56 Å². The largest absolute Gasteiger partial charge is 0.397 e. The van der Waals surface area contributed by atoms with E-state index in [0.717, 1.165) is 17.7 Å². The molecule has 0 spiro atoms. The molecule has 2 rings (SSSR count). The van der Waals surface area contributed by atoms with Crippen molar-refractivity contribution in [3.05, 3.63) is 59.4 Å². The van der Waals surface area contributed by atoms with E-state index in [4.69, 9.17) is 5.73 Å². The van der Waals surface area contributed by atoms with Crippen molar-refractivity contribution in [1.82, 2.24) is 10.3 Å². The second-order valence-corrected chi connectivity index (χ2v) is 6.14. The van der Waals surface area contributed by atoms with Gasteiger partial charge in [0.05, 0.1) is 24.3 Å². The molecular formula is C19H25N3O. The number of aromatic nitrogens is 1. The van der Waals surface area contributed by atoms with Crippen LogP contribution in [0.2, 0.25) is 0 Å². The Balaban J connectivity index is 2.06. The zero-order valence-corrected chi connectivity index (χ0v) is 14.0. The lowest BCUT2D eigenvalue weighted by atomic mass is 9.94. The number of nitrogens with two attached hydrogens (primary N) is 1. The van der Waals surface area contributed by atoms with E-state index in [0.29, 0.717) is 11.6 Å². The van der Waals surface area contributed by atoms with E-state index in [1.807, 2.05) is 0 Å². The number of hydrogen-bond acceptors (Lipinski definition) is 3. The first kappa shape index (κ1) is 17.0. The lowest BCUT2D eigenvalue weighted by molar-refractivity contribution is -0.121. The minimum atomic E-state index is -0.0273. The number of nitrogens with zero attached hydrogens (tertiary/aromatic N) is 1. The molecule has 1 unspecified atom stereocenters. The van der Waals surface area contributed by atoms with E-state index < -0.39 is 0 Å². The van der Waals surface area contributed by atoms with E-state index in [1.54, 1.807) is 18.3 Å². The number of amides is 1. The Kier molecular flexibility index (Phi) is 5.74. The fourth-order valence-corrected chi connectivity index (χ4v) is 2.53. The van der Waals surface area contributed by atoms with Gasteiger partial charge < -0.3 is 11.1 Å². The van der Waals surface area contributed by atoms with Gasteiger partial charge in [0.2, 0.25) is 5.91 Å². The molecule has 1 heterocycles. The number of hydrogen-bond donors (Lipinski definition) is 2. The van der Waals surface area contributed by atoms with E-state index >= 15 is 0 Å². The van der Waals surface area contributed by atoms with Gasteiger partial charge in [0.15, 0.2) is 0 Å². The van der Waals surface area contributed by atoms with Crippen molar-refractivity contribution in [1.29, 1.82) is 0 Å². The summed E-state index contributed by atoms with van der Waals surface area (Å²) in [6.07, 6.45) is 2.85. The first-order chi connectivity index (χ1) is 11.0. The number of pyridine rings is 1. The molecule has 0 bridgehead atoms. The first-order valence-corrected chi connectivity index (χ1v) is 8.08. The van der Waals surface area contributed by atoms with Crippen LogP contribution in [0.15, 0.2) is 42.6 Å². The number of nitrogen functional groups attached to an aromatic ring is 1. The van der Waals surface area contributed by atoms with Crippen LogP contribution >= 0.6 is 0 Å². The van der Waals surface area contributed by atoms with Gasteiger partial charge in [0, 0.05) is 5.69 Å². The molecule has 0 fully saturated rings. The lowest BCUT2D eigenvalue weighted by Crippen LogP contribution is -2.33. The van der Waals surface area contributed by atoms with E-state index in [9.17, 15) is 4.79 Å². The SMILES string of the molecule is CCc1ccc(C(NC(=O)Cc2ccc(N)cn2)C(C)C)cc1. The van der Waals surface area contributed by atoms with Gasteiger partial charge in [-0.2, -0.15) is 0 Å². The molecule has 0 saturated heterocycles. The maximum Gasteiger partial charge on any atom is 0.226 e. The van der Waals surface area contributed by atoms with Crippen LogP contribution in [-0.4, -0.2) is 10.9 Å². The summed E-state index contributed by atoms with van der Waals surface area (Å²) in [4.78, 5) is 16.5.